The topological polar surface area (TPSA) is 88.1 Å². The van der Waals surface area contributed by atoms with Crippen LogP contribution >= 0.6 is 0 Å². The first kappa shape index (κ1) is 19.1. The van der Waals surface area contributed by atoms with Crippen molar-refractivity contribution in [3.63, 3.8) is 0 Å². The highest BCUT2D eigenvalue weighted by molar-refractivity contribution is 5.95. The van der Waals surface area contributed by atoms with Crippen molar-refractivity contribution in [1.82, 2.24) is 20.0 Å². The summed E-state index contributed by atoms with van der Waals surface area (Å²) in [6.07, 6.45) is 4.87. The summed E-state index contributed by atoms with van der Waals surface area (Å²) in [7, 11) is 0. The molecule has 152 valence electrons. The number of carbonyl (C=O) groups is 1. The molecule has 0 unspecified atom stereocenters. The normalized spacial score (nSPS) is 14.0. The van der Waals surface area contributed by atoms with Gasteiger partial charge in [0.05, 0.1) is 30.7 Å². The van der Waals surface area contributed by atoms with E-state index in [0.29, 0.717) is 55.5 Å². The predicted molar refractivity (Wildman–Crippen MR) is 108 cm³/mol. The van der Waals surface area contributed by atoms with Gasteiger partial charge in [-0.15, -0.1) is 0 Å². The van der Waals surface area contributed by atoms with Gasteiger partial charge in [0.15, 0.2) is 5.82 Å². The average Bonchev–Trinajstić information content (AvgIpc) is 3.44. The number of hydrogen-bond acceptors (Lipinski definition) is 5. The molecular weight excluding hydrogens is 375 g/mol. The fourth-order valence-corrected chi connectivity index (χ4v) is 3.34. The van der Waals surface area contributed by atoms with E-state index in [4.69, 9.17) is 4.74 Å². The second kappa shape index (κ2) is 8.44. The van der Waals surface area contributed by atoms with Gasteiger partial charge in [0.2, 0.25) is 5.91 Å². The number of aromatic amines is 1. The quantitative estimate of drug-likeness (QED) is 0.569. The Morgan fingerprint density at radius 2 is 2.24 bits per heavy atom. The third-order valence-electron chi connectivity index (χ3n) is 4.78. The number of nitrogens with one attached hydrogen (secondary N) is 2. The molecule has 0 atom stereocenters. The number of ether oxygens (including phenoxy) is 1. The lowest BCUT2D eigenvalue weighted by Crippen LogP contribution is -2.23. The van der Waals surface area contributed by atoms with Crippen LogP contribution in [0.4, 0.5) is 21.6 Å². The molecule has 1 amide bonds. The summed E-state index contributed by atoms with van der Waals surface area (Å²) in [4.78, 5) is 13.5. The standard InChI is InChI=1S/C20H23FN6O2/c1-2-29-9-8-26-13-14(12-22-26)23-19-11-18(24-25-19)16-6-5-15(10-17(16)21)27-7-3-4-20(27)28/h5-6,10-13H,2-4,7-9H2,1H3,(H2,23,24,25). The van der Waals surface area contributed by atoms with Crippen LogP contribution < -0.4 is 10.2 Å². The minimum absolute atomic E-state index is 0.0342. The Labute approximate surface area is 167 Å². The van der Waals surface area contributed by atoms with Gasteiger partial charge in [0.25, 0.3) is 0 Å². The molecule has 1 saturated heterocycles. The Bertz CT molecular complexity index is 999. The minimum Gasteiger partial charge on any atom is -0.380 e. The van der Waals surface area contributed by atoms with Crippen LogP contribution in [0.5, 0.6) is 0 Å². The zero-order valence-corrected chi connectivity index (χ0v) is 16.2. The van der Waals surface area contributed by atoms with E-state index in [2.05, 4.69) is 20.6 Å². The van der Waals surface area contributed by atoms with Gasteiger partial charge in [-0.25, -0.2) is 4.39 Å². The number of anilines is 3. The lowest BCUT2D eigenvalue weighted by Gasteiger charge is -2.16. The molecule has 3 aromatic rings. The van der Waals surface area contributed by atoms with Crippen molar-refractivity contribution in [3.8, 4) is 11.3 Å². The van der Waals surface area contributed by atoms with Crippen molar-refractivity contribution < 1.29 is 13.9 Å². The minimum atomic E-state index is -0.402. The molecule has 1 fully saturated rings. The van der Waals surface area contributed by atoms with Crippen LogP contribution in [-0.2, 0) is 16.1 Å². The fraction of sp³-hybridized carbons (Fsp3) is 0.350. The van der Waals surface area contributed by atoms with E-state index in [0.717, 1.165) is 12.1 Å². The summed E-state index contributed by atoms with van der Waals surface area (Å²) < 4.78 is 21.8. The number of aromatic nitrogens is 4. The van der Waals surface area contributed by atoms with Crippen molar-refractivity contribution in [2.45, 2.75) is 26.3 Å². The second-order valence-electron chi connectivity index (χ2n) is 6.79. The van der Waals surface area contributed by atoms with Crippen LogP contribution in [0, 0.1) is 5.82 Å². The van der Waals surface area contributed by atoms with Crippen LogP contribution in [0.25, 0.3) is 11.3 Å². The molecule has 2 aromatic heterocycles. The van der Waals surface area contributed by atoms with E-state index >= 15 is 0 Å². The molecule has 0 spiro atoms. The van der Waals surface area contributed by atoms with Gasteiger partial charge in [-0.05, 0) is 31.5 Å². The lowest BCUT2D eigenvalue weighted by molar-refractivity contribution is -0.117. The number of rotatable bonds is 8. The van der Waals surface area contributed by atoms with Gasteiger partial charge in [-0.3, -0.25) is 14.6 Å². The number of hydrogen-bond donors (Lipinski definition) is 2. The number of carbonyl (C=O) groups excluding carboxylic acids is 1. The molecule has 1 aliphatic rings. The van der Waals surface area contributed by atoms with E-state index in [9.17, 15) is 9.18 Å². The maximum atomic E-state index is 14.7. The molecule has 0 bridgehead atoms. The zero-order valence-electron chi connectivity index (χ0n) is 16.2. The molecule has 0 aliphatic carbocycles. The Morgan fingerprint density at radius 3 is 3.00 bits per heavy atom. The third kappa shape index (κ3) is 4.29. The van der Waals surface area contributed by atoms with Crippen molar-refractivity contribution in [3.05, 3.63) is 42.5 Å². The highest BCUT2D eigenvalue weighted by Crippen LogP contribution is 2.29. The third-order valence-corrected chi connectivity index (χ3v) is 4.78. The molecule has 2 N–H and O–H groups in total. The van der Waals surface area contributed by atoms with Crippen molar-refractivity contribution in [2.24, 2.45) is 0 Å². The maximum Gasteiger partial charge on any atom is 0.227 e. The van der Waals surface area contributed by atoms with E-state index in [1.54, 1.807) is 34.0 Å². The number of nitrogens with zero attached hydrogens (tertiary/aromatic N) is 4. The summed E-state index contributed by atoms with van der Waals surface area (Å²) in [5.41, 5.74) is 2.32. The zero-order chi connectivity index (χ0) is 20.2. The summed E-state index contributed by atoms with van der Waals surface area (Å²) >= 11 is 0. The Morgan fingerprint density at radius 1 is 1.34 bits per heavy atom. The largest absolute Gasteiger partial charge is 0.380 e. The first-order chi connectivity index (χ1) is 14.1. The lowest BCUT2D eigenvalue weighted by atomic mass is 10.1. The smallest absolute Gasteiger partial charge is 0.227 e. The molecule has 4 rings (SSSR count). The predicted octanol–water partition coefficient (Wildman–Crippen LogP) is 3.32. The van der Waals surface area contributed by atoms with Crippen molar-refractivity contribution in [2.75, 3.05) is 30.0 Å². The summed E-state index contributed by atoms with van der Waals surface area (Å²) in [5, 5.41) is 14.5. The van der Waals surface area contributed by atoms with Crippen LogP contribution in [-0.4, -0.2) is 45.6 Å². The summed E-state index contributed by atoms with van der Waals surface area (Å²) in [5.74, 6) is 0.190. The van der Waals surface area contributed by atoms with Crippen LogP contribution in [0.2, 0.25) is 0 Å². The highest BCUT2D eigenvalue weighted by atomic mass is 19.1. The maximum absolute atomic E-state index is 14.7. The molecule has 1 aliphatic heterocycles. The molecule has 8 nitrogen and oxygen atoms in total. The molecular formula is C20H23FN6O2. The van der Waals surface area contributed by atoms with Gasteiger partial charge in [0.1, 0.15) is 5.82 Å². The molecule has 1 aromatic carbocycles. The Kier molecular flexibility index (Phi) is 5.57. The fourth-order valence-electron chi connectivity index (χ4n) is 3.34. The first-order valence-electron chi connectivity index (χ1n) is 9.67. The van der Waals surface area contributed by atoms with E-state index < -0.39 is 5.82 Å². The molecule has 29 heavy (non-hydrogen) atoms. The molecule has 9 heteroatoms. The van der Waals surface area contributed by atoms with Crippen molar-refractivity contribution >= 4 is 23.1 Å². The molecule has 0 saturated carbocycles. The SMILES string of the molecule is CCOCCn1cc(Nc2cc(-c3ccc(N4CCCC4=O)cc3F)[nH]n2)cn1. The van der Waals surface area contributed by atoms with E-state index in [1.807, 2.05) is 13.1 Å². The monoisotopic (exact) mass is 398 g/mol. The first-order valence-corrected chi connectivity index (χ1v) is 9.67. The number of benzene rings is 1. The highest BCUT2D eigenvalue weighted by Gasteiger charge is 2.22. The summed E-state index contributed by atoms with van der Waals surface area (Å²) in [6, 6.07) is 6.56. The number of halogens is 1. The Hall–Kier alpha value is -3.20. The molecule has 0 radical (unpaired) electrons. The van der Waals surface area contributed by atoms with Crippen LogP contribution in [0.15, 0.2) is 36.7 Å². The number of H-pyrrole nitrogens is 1. The number of amides is 1. The van der Waals surface area contributed by atoms with Gasteiger partial charge in [-0.2, -0.15) is 10.2 Å². The Balaban J connectivity index is 1.44. The van der Waals surface area contributed by atoms with Gasteiger partial charge < -0.3 is 15.0 Å². The summed E-state index contributed by atoms with van der Waals surface area (Å²) in [6.45, 7) is 4.52. The molecule has 3 heterocycles. The van der Waals surface area contributed by atoms with Gasteiger partial charge in [0, 0.05) is 43.1 Å². The van der Waals surface area contributed by atoms with E-state index in [-0.39, 0.29) is 5.91 Å². The van der Waals surface area contributed by atoms with Crippen LogP contribution in [0.1, 0.15) is 19.8 Å². The van der Waals surface area contributed by atoms with E-state index in [1.165, 1.54) is 6.07 Å². The van der Waals surface area contributed by atoms with Crippen LogP contribution in [0.3, 0.4) is 0 Å². The van der Waals surface area contributed by atoms with Gasteiger partial charge in [-0.1, -0.05) is 0 Å². The second-order valence-corrected chi connectivity index (χ2v) is 6.79. The van der Waals surface area contributed by atoms with Crippen molar-refractivity contribution in [1.29, 1.82) is 0 Å². The van der Waals surface area contributed by atoms with Gasteiger partial charge >= 0.3 is 0 Å². The average molecular weight is 398 g/mol.